The summed E-state index contributed by atoms with van der Waals surface area (Å²) in [6, 6.07) is 19.4. The van der Waals surface area contributed by atoms with E-state index in [9.17, 15) is 9.59 Å². The number of hydrogen-bond acceptors (Lipinski definition) is 3. The van der Waals surface area contributed by atoms with E-state index in [2.05, 4.69) is 5.32 Å². The zero-order valence-electron chi connectivity index (χ0n) is 17.0. The Bertz CT molecular complexity index is 1190. The van der Waals surface area contributed by atoms with Gasteiger partial charge in [-0.05, 0) is 86.6 Å². The van der Waals surface area contributed by atoms with E-state index in [1.54, 1.807) is 6.08 Å². The molecular weight excluding hydrogens is 394 g/mol. The molecule has 1 fully saturated rings. The zero-order valence-corrected chi connectivity index (χ0v) is 17.8. The molecule has 150 valence electrons. The Hall–Kier alpha value is -3.51. The summed E-state index contributed by atoms with van der Waals surface area (Å²) in [5, 5.41) is 2.74. The van der Waals surface area contributed by atoms with Gasteiger partial charge in [0.25, 0.3) is 11.8 Å². The summed E-state index contributed by atoms with van der Waals surface area (Å²) in [5.41, 5.74) is 5.40. The van der Waals surface area contributed by atoms with Crippen LogP contribution in [0.5, 0.6) is 0 Å². The van der Waals surface area contributed by atoms with Crippen molar-refractivity contribution in [3.05, 3.63) is 88.8 Å². The third-order valence-electron chi connectivity index (χ3n) is 4.98. The number of benzene rings is 2. The van der Waals surface area contributed by atoms with Gasteiger partial charge in [0.2, 0.25) is 0 Å². The summed E-state index contributed by atoms with van der Waals surface area (Å²) >= 11 is 5.31. The molecule has 0 bridgehead atoms. The van der Waals surface area contributed by atoms with E-state index in [0.717, 1.165) is 28.2 Å². The van der Waals surface area contributed by atoms with Crippen LogP contribution in [0.25, 0.3) is 11.8 Å². The second kappa shape index (κ2) is 7.72. The van der Waals surface area contributed by atoms with E-state index >= 15 is 0 Å². The van der Waals surface area contributed by atoms with Crippen molar-refractivity contribution in [1.29, 1.82) is 0 Å². The smallest absolute Gasteiger partial charge is 0.270 e. The molecule has 1 saturated heterocycles. The normalized spacial score (nSPS) is 15.6. The molecule has 0 aliphatic carbocycles. The molecule has 1 N–H and O–H groups in total. The first-order valence-electron chi connectivity index (χ1n) is 9.58. The van der Waals surface area contributed by atoms with E-state index in [-0.39, 0.29) is 10.7 Å². The van der Waals surface area contributed by atoms with Gasteiger partial charge in [-0.25, -0.2) is 0 Å². The summed E-state index contributed by atoms with van der Waals surface area (Å²) < 4.78 is 2.00. The lowest BCUT2D eigenvalue weighted by Gasteiger charge is -2.29. The molecule has 1 aromatic heterocycles. The molecule has 0 saturated carbocycles. The second-order valence-electron chi connectivity index (χ2n) is 7.37. The molecule has 0 atom stereocenters. The highest BCUT2D eigenvalue weighted by Crippen LogP contribution is 2.25. The lowest BCUT2D eigenvalue weighted by atomic mass is 10.1. The number of rotatable bonds is 3. The van der Waals surface area contributed by atoms with Gasteiger partial charge in [-0.15, -0.1) is 0 Å². The number of carbonyl (C=O) groups is 2. The summed E-state index contributed by atoms with van der Waals surface area (Å²) in [6.07, 6.45) is 1.62. The fourth-order valence-electron chi connectivity index (χ4n) is 3.72. The molecule has 0 radical (unpaired) electrons. The van der Waals surface area contributed by atoms with Crippen LogP contribution in [0.2, 0.25) is 0 Å². The zero-order chi connectivity index (χ0) is 21.4. The first-order chi connectivity index (χ1) is 14.3. The number of para-hydroxylation sites is 1. The summed E-state index contributed by atoms with van der Waals surface area (Å²) in [7, 11) is 0. The van der Waals surface area contributed by atoms with Gasteiger partial charge in [-0.1, -0.05) is 24.3 Å². The first-order valence-corrected chi connectivity index (χ1v) is 9.99. The van der Waals surface area contributed by atoms with Crippen LogP contribution in [0.15, 0.2) is 66.2 Å². The molecule has 4 rings (SSSR count). The third kappa shape index (κ3) is 3.57. The number of anilines is 1. The molecule has 6 heteroatoms. The second-order valence-corrected chi connectivity index (χ2v) is 7.76. The van der Waals surface area contributed by atoms with E-state index in [0.29, 0.717) is 5.69 Å². The SMILES string of the molecule is Cc1cc(C)cc(N2C(=O)/C(=C/c3ccc(C)n3-c3ccccc3)C(=O)NC2=S)c1. The average molecular weight is 416 g/mol. The monoisotopic (exact) mass is 415 g/mol. The molecule has 1 aliphatic heterocycles. The van der Waals surface area contributed by atoms with Gasteiger partial charge in [0, 0.05) is 17.1 Å². The standard InChI is InChI=1S/C24H21N3O2S/c1-15-11-16(2)13-20(12-15)27-23(29)21(22(28)25-24(27)30)14-19-10-9-17(3)26(19)18-7-5-4-6-8-18/h4-14H,1-3H3,(H,25,28,30)/b21-14+. The first kappa shape index (κ1) is 19.8. The summed E-state index contributed by atoms with van der Waals surface area (Å²) in [4.78, 5) is 27.4. The van der Waals surface area contributed by atoms with Crippen molar-refractivity contribution >= 4 is 40.9 Å². The quantitative estimate of drug-likeness (QED) is 0.396. The molecule has 0 spiro atoms. The summed E-state index contributed by atoms with van der Waals surface area (Å²) in [6.45, 7) is 5.90. The number of aromatic nitrogens is 1. The molecular formula is C24H21N3O2S. The van der Waals surface area contributed by atoms with Gasteiger partial charge < -0.3 is 4.57 Å². The van der Waals surface area contributed by atoms with Crippen LogP contribution < -0.4 is 10.2 Å². The minimum Gasteiger partial charge on any atom is -0.314 e. The van der Waals surface area contributed by atoms with Crippen molar-refractivity contribution < 1.29 is 9.59 Å². The van der Waals surface area contributed by atoms with Crippen molar-refractivity contribution in [2.45, 2.75) is 20.8 Å². The maximum absolute atomic E-state index is 13.3. The molecule has 2 heterocycles. The minimum atomic E-state index is -0.496. The number of thiocarbonyl (C=S) groups is 1. The number of hydrogen-bond donors (Lipinski definition) is 1. The largest absolute Gasteiger partial charge is 0.314 e. The van der Waals surface area contributed by atoms with Crippen molar-refractivity contribution in [3.63, 3.8) is 0 Å². The Morgan fingerprint density at radius 2 is 1.53 bits per heavy atom. The highest BCUT2D eigenvalue weighted by atomic mass is 32.1. The van der Waals surface area contributed by atoms with Crippen molar-refractivity contribution in [1.82, 2.24) is 9.88 Å². The van der Waals surface area contributed by atoms with Crippen molar-refractivity contribution in [3.8, 4) is 5.69 Å². The molecule has 0 unspecified atom stereocenters. The number of nitrogens with zero attached hydrogens (tertiary/aromatic N) is 2. The number of amides is 2. The molecule has 2 amide bonds. The number of carbonyl (C=O) groups excluding carboxylic acids is 2. The Labute approximate surface area is 180 Å². The highest BCUT2D eigenvalue weighted by Gasteiger charge is 2.35. The number of aryl methyl sites for hydroxylation is 3. The average Bonchev–Trinajstić information content (AvgIpc) is 3.05. The number of nitrogens with one attached hydrogen (secondary N) is 1. The Kier molecular flexibility index (Phi) is 5.10. The van der Waals surface area contributed by atoms with Crippen LogP contribution in [-0.2, 0) is 9.59 Å². The van der Waals surface area contributed by atoms with E-state index in [4.69, 9.17) is 12.2 Å². The van der Waals surface area contributed by atoms with Gasteiger partial charge >= 0.3 is 0 Å². The van der Waals surface area contributed by atoms with E-state index in [1.165, 1.54) is 4.90 Å². The predicted octanol–water partition coefficient (Wildman–Crippen LogP) is 4.23. The molecule has 2 aromatic carbocycles. The minimum absolute atomic E-state index is 0.0399. The maximum Gasteiger partial charge on any atom is 0.270 e. The van der Waals surface area contributed by atoms with Gasteiger partial charge in [-0.3, -0.25) is 19.8 Å². The van der Waals surface area contributed by atoms with Crippen molar-refractivity contribution in [2.75, 3.05) is 4.90 Å². The van der Waals surface area contributed by atoms with Crippen molar-refractivity contribution in [2.24, 2.45) is 0 Å². The van der Waals surface area contributed by atoms with Gasteiger partial charge in [-0.2, -0.15) is 0 Å². The van der Waals surface area contributed by atoms with Crippen LogP contribution in [0.4, 0.5) is 5.69 Å². The van der Waals surface area contributed by atoms with E-state index in [1.807, 2.05) is 86.0 Å². The molecule has 3 aromatic rings. The molecule has 30 heavy (non-hydrogen) atoms. The lowest BCUT2D eigenvalue weighted by molar-refractivity contribution is -0.122. The third-order valence-corrected chi connectivity index (χ3v) is 5.26. The molecule has 1 aliphatic rings. The molecule has 5 nitrogen and oxygen atoms in total. The van der Waals surface area contributed by atoms with E-state index < -0.39 is 11.8 Å². The van der Waals surface area contributed by atoms with Crippen LogP contribution in [0, 0.1) is 20.8 Å². The van der Waals surface area contributed by atoms with Gasteiger partial charge in [0.05, 0.1) is 5.69 Å². The van der Waals surface area contributed by atoms with Crippen LogP contribution in [0.1, 0.15) is 22.5 Å². The van der Waals surface area contributed by atoms with Gasteiger partial charge in [0.1, 0.15) is 5.57 Å². The highest BCUT2D eigenvalue weighted by molar-refractivity contribution is 7.80. The fraction of sp³-hybridized carbons (Fsp3) is 0.125. The topological polar surface area (TPSA) is 54.3 Å². The Morgan fingerprint density at radius 3 is 2.20 bits per heavy atom. The predicted molar refractivity (Wildman–Crippen MR) is 123 cm³/mol. The van der Waals surface area contributed by atoms with Crippen LogP contribution in [0.3, 0.4) is 0 Å². The summed E-state index contributed by atoms with van der Waals surface area (Å²) in [5.74, 6) is -0.934. The Balaban J connectivity index is 1.80. The Morgan fingerprint density at radius 1 is 0.867 bits per heavy atom. The lowest BCUT2D eigenvalue weighted by Crippen LogP contribution is -2.54. The fourth-order valence-corrected chi connectivity index (χ4v) is 4.00. The van der Waals surface area contributed by atoms with Crippen LogP contribution >= 0.6 is 12.2 Å². The maximum atomic E-state index is 13.3. The van der Waals surface area contributed by atoms with Gasteiger partial charge in [0.15, 0.2) is 5.11 Å². The van der Waals surface area contributed by atoms with Crippen LogP contribution in [-0.4, -0.2) is 21.5 Å².